The SMILES string of the molecule is N#Cc1ccc(C2CCC(C3CCC(/C=C/F)CC3)CC2)cc1. The van der Waals surface area contributed by atoms with Gasteiger partial charge in [0.2, 0.25) is 0 Å². The number of nitriles is 1. The maximum absolute atomic E-state index is 12.3. The first kappa shape index (κ1) is 16.2. The summed E-state index contributed by atoms with van der Waals surface area (Å²) in [5.41, 5.74) is 2.15. The zero-order valence-corrected chi connectivity index (χ0v) is 13.8. The van der Waals surface area contributed by atoms with Crippen molar-refractivity contribution in [2.24, 2.45) is 17.8 Å². The molecule has 0 saturated heterocycles. The Hall–Kier alpha value is -1.62. The van der Waals surface area contributed by atoms with Crippen molar-refractivity contribution in [2.75, 3.05) is 0 Å². The molecular weight excluding hydrogens is 285 g/mol. The number of halogens is 1. The van der Waals surface area contributed by atoms with Gasteiger partial charge in [0.25, 0.3) is 0 Å². The normalized spacial score (nSPS) is 31.8. The van der Waals surface area contributed by atoms with Crippen molar-refractivity contribution >= 4 is 0 Å². The van der Waals surface area contributed by atoms with Gasteiger partial charge in [-0.1, -0.05) is 18.2 Å². The molecule has 0 aromatic heterocycles. The molecule has 2 saturated carbocycles. The van der Waals surface area contributed by atoms with Gasteiger partial charge in [-0.15, -0.1) is 0 Å². The summed E-state index contributed by atoms with van der Waals surface area (Å²) in [7, 11) is 0. The molecule has 0 spiro atoms. The third-order valence-electron chi connectivity index (χ3n) is 6.11. The highest BCUT2D eigenvalue weighted by Crippen LogP contribution is 2.44. The molecule has 2 fully saturated rings. The largest absolute Gasteiger partial charge is 0.216 e. The van der Waals surface area contributed by atoms with Gasteiger partial charge in [0.05, 0.1) is 18.0 Å². The Morgan fingerprint density at radius 2 is 1.43 bits per heavy atom. The molecule has 3 rings (SSSR count). The van der Waals surface area contributed by atoms with E-state index in [9.17, 15) is 4.39 Å². The van der Waals surface area contributed by atoms with Crippen molar-refractivity contribution in [3.63, 3.8) is 0 Å². The summed E-state index contributed by atoms with van der Waals surface area (Å²) >= 11 is 0. The fourth-order valence-corrected chi connectivity index (χ4v) is 4.67. The van der Waals surface area contributed by atoms with Gasteiger partial charge in [-0.25, -0.2) is 4.39 Å². The van der Waals surface area contributed by atoms with E-state index in [1.54, 1.807) is 6.08 Å². The molecule has 0 heterocycles. The van der Waals surface area contributed by atoms with Crippen LogP contribution >= 0.6 is 0 Å². The Labute approximate surface area is 139 Å². The molecule has 1 nitrogen and oxygen atoms in total. The molecule has 0 bridgehead atoms. The van der Waals surface area contributed by atoms with Crippen LogP contribution in [-0.4, -0.2) is 0 Å². The number of allylic oxidation sites excluding steroid dienone is 1. The quantitative estimate of drug-likeness (QED) is 0.659. The van der Waals surface area contributed by atoms with Crippen LogP contribution in [0.5, 0.6) is 0 Å². The third kappa shape index (κ3) is 4.02. The van der Waals surface area contributed by atoms with Crippen LogP contribution < -0.4 is 0 Å². The first-order valence-corrected chi connectivity index (χ1v) is 9.07. The van der Waals surface area contributed by atoms with E-state index in [1.165, 1.54) is 56.9 Å². The lowest BCUT2D eigenvalue weighted by Crippen LogP contribution is -2.25. The zero-order valence-electron chi connectivity index (χ0n) is 13.8. The Morgan fingerprint density at radius 1 is 0.870 bits per heavy atom. The fraction of sp³-hybridized carbons (Fsp3) is 0.571. The van der Waals surface area contributed by atoms with E-state index < -0.39 is 0 Å². The molecule has 0 radical (unpaired) electrons. The monoisotopic (exact) mass is 311 g/mol. The molecule has 2 heteroatoms. The summed E-state index contributed by atoms with van der Waals surface area (Å²) in [5.74, 6) is 2.89. The van der Waals surface area contributed by atoms with Gasteiger partial charge in [-0.3, -0.25) is 0 Å². The summed E-state index contributed by atoms with van der Waals surface area (Å²) in [5, 5.41) is 8.90. The molecule has 2 aliphatic carbocycles. The van der Waals surface area contributed by atoms with Crippen molar-refractivity contribution in [2.45, 2.75) is 57.3 Å². The zero-order chi connectivity index (χ0) is 16.1. The molecule has 23 heavy (non-hydrogen) atoms. The Balaban J connectivity index is 1.49. The summed E-state index contributed by atoms with van der Waals surface area (Å²) in [4.78, 5) is 0. The summed E-state index contributed by atoms with van der Waals surface area (Å²) in [6.45, 7) is 0. The maximum Gasteiger partial charge on any atom is 0.0991 e. The topological polar surface area (TPSA) is 23.8 Å². The van der Waals surface area contributed by atoms with E-state index in [1.807, 2.05) is 12.1 Å². The van der Waals surface area contributed by atoms with Crippen molar-refractivity contribution in [1.29, 1.82) is 5.26 Å². The van der Waals surface area contributed by atoms with Crippen LogP contribution in [0, 0.1) is 29.1 Å². The molecule has 0 aliphatic heterocycles. The van der Waals surface area contributed by atoms with E-state index >= 15 is 0 Å². The first-order chi connectivity index (χ1) is 11.3. The molecule has 122 valence electrons. The van der Waals surface area contributed by atoms with Crippen LogP contribution in [0.4, 0.5) is 4.39 Å². The van der Waals surface area contributed by atoms with Crippen molar-refractivity contribution in [3.05, 3.63) is 47.8 Å². The van der Waals surface area contributed by atoms with Crippen molar-refractivity contribution < 1.29 is 4.39 Å². The lowest BCUT2D eigenvalue weighted by atomic mass is 9.68. The number of hydrogen-bond donors (Lipinski definition) is 0. The van der Waals surface area contributed by atoms with Gasteiger partial charge in [0, 0.05) is 0 Å². The summed E-state index contributed by atoms with van der Waals surface area (Å²) in [6.07, 6.45) is 12.6. The fourth-order valence-electron chi connectivity index (χ4n) is 4.67. The maximum atomic E-state index is 12.3. The van der Waals surface area contributed by atoms with Crippen molar-refractivity contribution in [3.8, 4) is 6.07 Å². The van der Waals surface area contributed by atoms with Crippen LogP contribution in [0.2, 0.25) is 0 Å². The number of nitrogens with zero attached hydrogens (tertiary/aromatic N) is 1. The highest BCUT2D eigenvalue weighted by Gasteiger charge is 2.30. The second-order valence-corrected chi connectivity index (χ2v) is 7.34. The highest BCUT2D eigenvalue weighted by atomic mass is 19.1. The minimum atomic E-state index is 0.478. The minimum Gasteiger partial charge on any atom is -0.216 e. The predicted molar refractivity (Wildman–Crippen MR) is 91.6 cm³/mol. The number of benzene rings is 1. The summed E-state index contributed by atoms with van der Waals surface area (Å²) < 4.78 is 12.3. The average molecular weight is 311 g/mol. The van der Waals surface area contributed by atoms with Crippen molar-refractivity contribution in [1.82, 2.24) is 0 Å². The number of rotatable bonds is 3. The van der Waals surface area contributed by atoms with Gasteiger partial charge in [-0.05, 0) is 92.7 Å². The second-order valence-electron chi connectivity index (χ2n) is 7.34. The summed E-state index contributed by atoms with van der Waals surface area (Å²) in [6, 6.07) is 10.4. The van der Waals surface area contributed by atoms with Gasteiger partial charge in [0.1, 0.15) is 0 Å². The van der Waals surface area contributed by atoms with E-state index in [0.717, 1.165) is 23.7 Å². The molecule has 0 N–H and O–H groups in total. The second kappa shape index (κ2) is 7.77. The van der Waals surface area contributed by atoms with Gasteiger partial charge >= 0.3 is 0 Å². The van der Waals surface area contributed by atoms with Gasteiger partial charge < -0.3 is 0 Å². The van der Waals surface area contributed by atoms with Crippen LogP contribution in [0.3, 0.4) is 0 Å². The standard InChI is InChI=1S/C21H26FN/c22-14-13-16-1-5-18(6-2-16)20-9-11-21(12-10-20)19-7-3-17(15-23)4-8-19/h3-4,7-8,13-14,16,18,20-21H,1-2,5-6,9-12H2/b14-13+. The molecule has 1 aromatic carbocycles. The van der Waals surface area contributed by atoms with E-state index in [-0.39, 0.29) is 0 Å². The van der Waals surface area contributed by atoms with E-state index in [2.05, 4.69) is 18.2 Å². The third-order valence-corrected chi connectivity index (χ3v) is 6.11. The minimum absolute atomic E-state index is 0.478. The molecule has 0 atom stereocenters. The number of hydrogen-bond acceptors (Lipinski definition) is 1. The highest BCUT2D eigenvalue weighted by molar-refractivity contribution is 5.33. The predicted octanol–water partition coefficient (Wildman–Crippen LogP) is 6.12. The smallest absolute Gasteiger partial charge is 0.0991 e. The van der Waals surface area contributed by atoms with E-state index in [0.29, 0.717) is 11.8 Å². The molecule has 0 unspecified atom stereocenters. The molecule has 0 amide bonds. The van der Waals surface area contributed by atoms with Crippen LogP contribution in [0.15, 0.2) is 36.7 Å². The van der Waals surface area contributed by atoms with Gasteiger partial charge in [-0.2, -0.15) is 5.26 Å². The molecule has 1 aromatic rings. The Kier molecular flexibility index (Phi) is 5.49. The van der Waals surface area contributed by atoms with E-state index in [4.69, 9.17) is 5.26 Å². The molecular formula is C21H26FN. The average Bonchev–Trinajstić information content (AvgIpc) is 2.63. The first-order valence-electron chi connectivity index (χ1n) is 9.07. The molecule has 2 aliphatic rings. The Bertz CT molecular complexity index is 552. The van der Waals surface area contributed by atoms with Crippen LogP contribution in [0.25, 0.3) is 0 Å². The van der Waals surface area contributed by atoms with Crippen LogP contribution in [-0.2, 0) is 0 Å². The van der Waals surface area contributed by atoms with Crippen LogP contribution in [0.1, 0.15) is 68.4 Å². The van der Waals surface area contributed by atoms with Gasteiger partial charge in [0.15, 0.2) is 0 Å². The lowest BCUT2D eigenvalue weighted by Gasteiger charge is -2.37. The Morgan fingerprint density at radius 3 is 1.96 bits per heavy atom. The lowest BCUT2D eigenvalue weighted by molar-refractivity contribution is 0.171.